The Morgan fingerprint density at radius 3 is 2.33 bits per heavy atom. The molecule has 0 aliphatic carbocycles. The molecule has 36 valence electrons. The van der Waals surface area contributed by atoms with Crippen molar-refractivity contribution in [3.8, 4) is 0 Å². The summed E-state index contributed by atoms with van der Waals surface area (Å²) >= 11 is 5.55. The fourth-order valence-electron chi connectivity index (χ4n) is 0.103. The summed E-state index contributed by atoms with van der Waals surface area (Å²) in [6.07, 6.45) is 1.08. The van der Waals surface area contributed by atoms with Crippen LogP contribution in [-0.4, -0.2) is 4.43 Å². The van der Waals surface area contributed by atoms with E-state index in [1.165, 1.54) is 0 Å². The Labute approximate surface area is 60.3 Å². The zero-order valence-electron chi connectivity index (χ0n) is 3.38. The van der Waals surface area contributed by atoms with E-state index in [-0.39, 0.29) is 0 Å². The predicted octanol–water partition coefficient (Wildman–Crippen LogP) is 2.72. The van der Waals surface area contributed by atoms with Gasteiger partial charge in [0, 0.05) is 4.43 Å². The van der Waals surface area contributed by atoms with Gasteiger partial charge in [-0.3, -0.25) is 0 Å². The minimum absolute atomic E-state index is 1.08. The Kier molecular flexibility index (Phi) is 4.77. The molecule has 6 heavy (non-hydrogen) atoms. The van der Waals surface area contributed by atoms with E-state index in [0.29, 0.717) is 0 Å². The molecule has 0 aliphatic rings. The molecule has 0 fully saturated rings. The summed E-state index contributed by atoms with van der Waals surface area (Å²) in [6.45, 7) is 3.66. The van der Waals surface area contributed by atoms with Crippen LogP contribution in [0.3, 0.4) is 0 Å². The van der Waals surface area contributed by atoms with Crippen LogP contribution in [0.5, 0.6) is 0 Å². The highest BCUT2D eigenvalue weighted by molar-refractivity contribution is 14.1. The van der Waals surface area contributed by atoms with Gasteiger partial charge in [0.25, 0.3) is 0 Å². The van der Waals surface area contributed by atoms with Crippen molar-refractivity contribution in [3.05, 3.63) is 11.1 Å². The molecule has 0 aromatic rings. The van der Waals surface area contributed by atoms with E-state index in [4.69, 9.17) is 0 Å². The third-order valence-electron chi connectivity index (χ3n) is 0.366. The summed E-state index contributed by atoms with van der Waals surface area (Å²) in [6, 6.07) is 0. The standard InChI is InChI=1S/C4H6BrI/c1-4(5)2-3-6/h1-3H2. The maximum absolute atomic E-state index is 3.66. The number of alkyl halides is 1. The molecule has 0 atom stereocenters. The van der Waals surface area contributed by atoms with Gasteiger partial charge in [0.1, 0.15) is 0 Å². The molecular weight excluding hydrogens is 255 g/mol. The molecule has 0 bridgehead atoms. The normalized spacial score (nSPS) is 8.33. The van der Waals surface area contributed by atoms with Crippen LogP contribution in [0.4, 0.5) is 0 Å². The lowest BCUT2D eigenvalue weighted by Crippen LogP contribution is -1.66. The van der Waals surface area contributed by atoms with E-state index in [2.05, 4.69) is 45.1 Å². The molecule has 0 unspecified atom stereocenters. The quantitative estimate of drug-likeness (QED) is 0.529. The Balaban J connectivity index is 2.83. The molecule has 0 saturated heterocycles. The molecule has 0 spiro atoms. The highest BCUT2D eigenvalue weighted by Crippen LogP contribution is 2.07. The molecular formula is C4H6BrI. The summed E-state index contributed by atoms with van der Waals surface area (Å²) < 4.78 is 2.25. The van der Waals surface area contributed by atoms with Crippen LogP contribution in [0.15, 0.2) is 11.1 Å². The van der Waals surface area contributed by atoms with Gasteiger partial charge in [-0.05, 0) is 10.9 Å². The average Bonchev–Trinajstić information content (AvgIpc) is 1.35. The Bertz CT molecular complexity index is 51.5. The largest absolute Gasteiger partial charge is 0.0888 e. The molecule has 0 aromatic carbocycles. The highest BCUT2D eigenvalue weighted by atomic mass is 127. The van der Waals surface area contributed by atoms with Crippen LogP contribution < -0.4 is 0 Å². The molecule has 0 nitrogen and oxygen atoms in total. The van der Waals surface area contributed by atoms with E-state index in [9.17, 15) is 0 Å². The Hall–Kier alpha value is 0.950. The third-order valence-corrected chi connectivity index (χ3v) is 1.30. The third kappa shape index (κ3) is 4.95. The van der Waals surface area contributed by atoms with Crippen LogP contribution in [0, 0.1) is 0 Å². The highest BCUT2D eigenvalue weighted by Gasteiger charge is 1.79. The van der Waals surface area contributed by atoms with Crippen molar-refractivity contribution in [2.75, 3.05) is 4.43 Å². The van der Waals surface area contributed by atoms with Gasteiger partial charge in [-0.1, -0.05) is 45.1 Å². The lowest BCUT2D eigenvalue weighted by atomic mass is 10.5. The monoisotopic (exact) mass is 260 g/mol. The van der Waals surface area contributed by atoms with Gasteiger partial charge in [0.15, 0.2) is 0 Å². The topological polar surface area (TPSA) is 0 Å². The predicted molar refractivity (Wildman–Crippen MR) is 41.6 cm³/mol. The maximum Gasteiger partial charge on any atom is 0.00407 e. The molecule has 0 aliphatic heterocycles. The van der Waals surface area contributed by atoms with Gasteiger partial charge < -0.3 is 0 Å². The van der Waals surface area contributed by atoms with Crippen LogP contribution in [0.25, 0.3) is 0 Å². The Morgan fingerprint density at radius 2 is 2.33 bits per heavy atom. The molecule has 0 rings (SSSR count). The maximum atomic E-state index is 3.66. The van der Waals surface area contributed by atoms with Crippen molar-refractivity contribution in [1.82, 2.24) is 0 Å². The summed E-state index contributed by atoms with van der Waals surface area (Å²) in [5.41, 5.74) is 0. The second-order valence-electron chi connectivity index (χ2n) is 0.956. The van der Waals surface area contributed by atoms with E-state index in [1.54, 1.807) is 0 Å². The molecule has 0 heterocycles. The van der Waals surface area contributed by atoms with Gasteiger partial charge >= 0.3 is 0 Å². The number of hydrogen-bond acceptors (Lipinski definition) is 0. The van der Waals surface area contributed by atoms with Crippen molar-refractivity contribution in [3.63, 3.8) is 0 Å². The van der Waals surface area contributed by atoms with Gasteiger partial charge in [-0.2, -0.15) is 0 Å². The first-order chi connectivity index (χ1) is 2.77. The van der Waals surface area contributed by atoms with Gasteiger partial charge in [-0.25, -0.2) is 0 Å². The average molecular weight is 261 g/mol. The SMILES string of the molecule is C=C(Br)CCI. The minimum Gasteiger partial charge on any atom is -0.0888 e. The zero-order chi connectivity index (χ0) is 4.99. The van der Waals surface area contributed by atoms with E-state index in [0.717, 1.165) is 15.3 Å². The first-order valence-electron chi connectivity index (χ1n) is 1.66. The molecule has 0 amide bonds. The van der Waals surface area contributed by atoms with Crippen molar-refractivity contribution in [1.29, 1.82) is 0 Å². The van der Waals surface area contributed by atoms with E-state index < -0.39 is 0 Å². The van der Waals surface area contributed by atoms with Gasteiger partial charge in [-0.15, -0.1) is 0 Å². The van der Waals surface area contributed by atoms with Crippen molar-refractivity contribution in [2.24, 2.45) is 0 Å². The van der Waals surface area contributed by atoms with Crippen LogP contribution in [0.2, 0.25) is 0 Å². The lowest BCUT2D eigenvalue weighted by molar-refractivity contribution is 1.27. The van der Waals surface area contributed by atoms with Crippen LogP contribution in [0.1, 0.15) is 6.42 Å². The second kappa shape index (κ2) is 4.12. The van der Waals surface area contributed by atoms with Crippen molar-refractivity contribution in [2.45, 2.75) is 6.42 Å². The van der Waals surface area contributed by atoms with E-state index in [1.807, 2.05) is 0 Å². The first-order valence-corrected chi connectivity index (χ1v) is 3.98. The van der Waals surface area contributed by atoms with E-state index >= 15 is 0 Å². The number of hydrogen-bond donors (Lipinski definition) is 0. The fourth-order valence-corrected chi connectivity index (χ4v) is 1.69. The summed E-state index contributed by atoms with van der Waals surface area (Å²) in [7, 11) is 0. The number of halogens is 2. The lowest BCUT2D eigenvalue weighted by Gasteiger charge is -1.83. The van der Waals surface area contributed by atoms with Gasteiger partial charge in [0.05, 0.1) is 0 Å². The molecule has 0 N–H and O–H groups in total. The minimum atomic E-state index is 1.08. The Morgan fingerprint density at radius 1 is 1.83 bits per heavy atom. The number of rotatable bonds is 2. The summed E-state index contributed by atoms with van der Waals surface area (Å²) in [5, 5.41) is 0. The smallest absolute Gasteiger partial charge is 0.00407 e. The van der Waals surface area contributed by atoms with Gasteiger partial charge in [0.2, 0.25) is 0 Å². The summed E-state index contributed by atoms with van der Waals surface area (Å²) in [5.74, 6) is 0. The van der Waals surface area contributed by atoms with Crippen molar-refractivity contribution >= 4 is 38.5 Å². The van der Waals surface area contributed by atoms with Crippen LogP contribution in [-0.2, 0) is 0 Å². The molecule has 2 heteroatoms. The summed E-state index contributed by atoms with van der Waals surface area (Å²) in [4.78, 5) is 0. The first kappa shape index (κ1) is 6.95. The molecule has 0 saturated carbocycles. The number of allylic oxidation sites excluding steroid dienone is 1. The second-order valence-corrected chi connectivity index (χ2v) is 3.16. The fraction of sp³-hybridized carbons (Fsp3) is 0.500. The van der Waals surface area contributed by atoms with Crippen LogP contribution >= 0.6 is 38.5 Å². The zero-order valence-corrected chi connectivity index (χ0v) is 7.12. The molecule has 0 radical (unpaired) electrons. The molecule has 0 aromatic heterocycles. The van der Waals surface area contributed by atoms with Crippen molar-refractivity contribution < 1.29 is 0 Å².